The highest BCUT2D eigenvalue weighted by Crippen LogP contribution is 2.37. The first-order valence-corrected chi connectivity index (χ1v) is 9.87. The summed E-state index contributed by atoms with van der Waals surface area (Å²) in [6.07, 6.45) is 0. The normalized spacial score (nSPS) is 15.0. The standard InChI is InChI=1S/C25H24N2O3/c1-25(2)16-30-22-14-13-20(15-21(22)27(3)24(25)29)26-23(28)19-11-9-18(10-12-19)17-7-5-4-6-8-17/h4-15H,16H2,1-3H3,(H,26,28). The smallest absolute Gasteiger partial charge is 0.255 e. The van der Waals surface area contributed by atoms with E-state index in [4.69, 9.17) is 4.74 Å². The molecular weight excluding hydrogens is 376 g/mol. The second kappa shape index (κ2) is 7.67. The van der Waals surface area contributed by atoms with Gasteiger partial charge in [-0.3, -0.25) is 9.59 Å². The number of nitrogens with zero attached hydrogens (tertiary/aromatic N) is 1. The van der Waals surface area contributed by atoms with Crippen LogP contribution in [0.15, 0.2) is 72.8 Å². The SMILES string of the molecule is CN1C(=O)C(C)(C)COc2ccc(NC(=O)c3ccc(-c4ccccc4)cc3)cc21. The maximum Gasteiger partial charge on any atom is 0.255 e. The van der Waals surface area contributed by atoms with E-state index in [0.29, 0.717) is 29.3 Å². The number of rotatable bonds is 3. The Kier molecular flexibility index (Phi) is 5.04. The molecule has 4 rings (SSSR count). The van der Waals surface area contributed by atoms with Gasteiger partial charge in [0.25, 0.3) is 5.91 Å². The Hall–Kier alpha value is -3.60. The van der Waals surface area contributed by atoms with Crippen LogP contribution in [0.3, 0.4) is 0 Å². The van der Waals surface area contributed by atoms with Gasteiger partial charge in [0.1, 0.15) is 12.4 Å². The van der Waals surface area contributed by atoms with Crippen LogP contribution in [0, 0.1) is 5.41 Å². The van der Waals surface area contributed by atoms with E-state index in [2.05, 4.69) is 5.32 Å². The Morgan fingerprint density at radius 3 is 2.33 bits per heavy atom. The Balaban J connectivity index is 1.53. The van der Waals surface area contributed by atoms with Crippen LogP contribution >= 0.6 is 0 Å². The highest BCUT2D eigenvalue weighted by atomic mass is 16.5. The zero-order chi connectivity index (χ0) is 21.3. The molecule has 30 heavy (non-hydrogen) atoms. The summed E-state index contributed by atoms with van der Waals surface area (Å²) >= 11 is 0. The highest BCUT2D eigenvalue weighted by molar-refractivity contribution is 6.05. The average Bonchev–Trinajstić information content (AvgIpc) is 2.85. The van der Waals surface area contributed by atoms with E-state index in [1.54, 1.807) is 30.1 Å². The van der Waals surface area contributed by atoms with Crippen molar-refractivity contribution in [1.29, 1.82) is 0 Å². The predicted molar refractivity (Wildman–Crippen MR) is 119 cm³/mol. The van der Waals surface area contributed by atoms with Crippen molar-refractivity contribution in [2.75, 3.05) is 23.9 Å². The number of nitrogens with one attached hydrogen (secondary N) is 1. The lowest BCUT2D eigenvalue weighted by Crippen LogP contribution is -2.39. The largest absolute Gasteiger partial charge is 0.490 e. The lowest BCUT2D eigenvalue weighted by atomic mass is 9.93. The Morgan fingerprint density at radius 1 is 0.967 bits per heavy atom. The molecule has 0 radical (unpaired) electrons. The molecule has 0 unspecified atom stereocenters. The van der Waals surface area contributed by atoms with Crippen LogP contribution in [0.5, 0.6) is 5.75 Å². The molecule has 3 aromatic rings. The molecule has 0 saturated carbocycles. The lowest BCUT2D eigenvalue weighted by molar-refractivity contribution is -0.127. The minimum absolute atomic E-state index is 0.0266. The number of amides is 2. The molecular formula is C25H24N2O3. The number of anilines is 2. The van der Waals surface area contributed by atoms with Crippen LogP contribution in [-0.2, 0) is 4.79 Å². The summed E-state index contributed by atoms with van der Waals surface area (Å²) in [5.74, 6) is 0.390. The Bertz CT molecular complexity index is 1090. The van der Waals surface area contributed by atoms with E-state index in [0.717, 1.165) is 11.1 Å². The van der Waals surface area contributed by atoms with E-state index in [1.807, 2.05) is 68.4 Å². The molecule has 0 saturated heterocycles. The van der Waals surface area contributed by atoms with Gasteiger partial charge in [-0.25, -0.2) is 0 Å². The molecule has 0 aliphatic carbocycles. The van der Waals surface area contributed by atoms with Crippen molar-refractivity contribution in [3.63, 3.8) is 0 Å². The third-order valence-corrected chi connectivity index (χ3v) is 5.30. The summed E-state index contributed by atoms with van der Waals surface area (Å²) in [4.78, 5) is 27.0. The van der Waals surface area contributed by atoms with Crippen LogP contribution < -0.4 is 15.0 Å². The maximum absolute atomic E-state index is 12.7. The molecule has 1 aliphatic rings. The summed E-state index contributed by atoms with van der Waals surface area (Å²) in [5, 5.41) is 2.91. The van der Waals surface area contributed by atoms with Gasteiger partial charge in [-0.05, 0) is 55.3 Å². The topological polar surface area (TPSA) is 58.6 Å². The first-order valence-electron chi connectivity index (χ1n) is 9.87. The van der Waals surface area contributed by atoms with Gasteiger partial charge in [0.2, 0.25) is 5.91 Å². The number of ether oxygens (including phenoxy) is 1. The van der Waals surface area contributed by atoms with Crippen LogP contribution in [0.2, 0.25) is 0 Å². The molecule has 0 bridgehead atoms. The van der Waals surface area contributed by atoms with Gasteiger partial charge in [0.05, 0.1) is 11.1 Å². The number of hydrogen-bond acceptors (Lipinski definition) is 3. The molecule has 0 spiro atoms. The minimum atomic E-state index is -0.613. The molecule has 3 aromatic carbocycles. The summed E-state index contributed by atoms with van der Waals surface area (Å²) in [5.41, 5.74) is 3.35. The number of fused-ring (bicyclic) bond motifs is 1. The van der Waals surface area contributed by atoms with Crippen molar-refractivity contribution in [1.82, 2.24) is 0 Å². The molecule has 5 nitrogen and oxygen atoms in total. The number of hydrogen-bond donors (Lipinski definition) is 1. The Labute approximate surface area is 176 Å². The molecule has 0 aromatic heterocycles. The summed E-state index contributed by atoms with van der Waals surface area (Å²) in [7, 11) is 1.73. The second-order valence-corrected chi connectivity index (χ2v) is 8.12. The molecule has 2 amide bonds. The van der Waals surface area contributed by atoms with E-state index in [9.17, 15) is 9.59 Å². The molecule has 1 aliphatic heterocycles. The van der Waals surface area contributed by atoms with Crippen LogP contribution in [0.25, 0.3) is 11.1 Å². The van der Waals surface area contributed by atoms with Gasteiger partial charge in [-0.2, -0.15) is 0 Å². The first kappa shape index (κ1) is 19.7. The van der Waals surface area contributed by atoms with E-state index < -0.39 is 5.41 Å². The van der Waals surface area contributed by atoms with Crippen molar-refractivity contribution >= 4 is 23.2 Å². The van der Waals surface area contributed by atoms with Crippen molar-refractivity contribution in [2.45, 2.75) is 13.8 Å². The van der Waals surface area contributed by atoms with Crippen LogP contribution in [0.1, 0.15) is 24.2 Å². The molecule has 152 valence electrons. The van der Waals surface area contributed by atoms with Crippen molar-refractivity contribution in [3.05, 3.63) is 78.4 Å². The molecule has 1 heterocycles. The second-order valence-electron chi connectivity index (χ2n) is 8.12. The van der Waals surface area contributed by atoms with Crippen molar-refractivity contribution in [3.8, 4) is 16.9 Å². The number of carbonyl (C=O) groups is 2. The van der Waals surface area contributed by atoms with Gasteiger partial charge in [0, 0.05) is 18.3 Å². The Morgan fingerprint density at radius 2 is 1.63 bits per heavy atom. The summed E-state index contributed by atoms with van der Waals surface area (Å²) in [6, 6.07) is 22.8. The van der Waals surface area contributed by atoms with Gasteiger partial charge >= 0.3 is 0 Å². The minimum Gasteiger partial charge on any atom is -0.490 e. The number of carbonyl (C=O) groups excluding carboxylic acids is 2. The third-order valence-electron chi connectivity index (χ3n) is 5.30. The fraction of sp³-hybridized carbons (Fsp3) is 0.200. The summed E-state index contributed by atoms with van der Waals surface area (Å²) < 4.78 is 5.83. The van der Waals surface area contributed by atoms with Gasteiger partial charge < -0.3 is 15.0 Å². The summed E-state index contributed by atoms with van der Waals surface area (Å²) in [6.45, 7) is 4.03. The third kappa shape index (κ3) is 3.79. The fourth-order valence-corrected chi connectivity index (χ4v) is 3.51. The van der Waals surface area contributed by atoms with Gasteiger partial charge in [0.15, 0.2) is 0 Å². The molecule has 0 atom stereocenters. The van der Waals surface area contributed by atoms with Gasteiger partial charge in [-0.15, -0.1) is 0 Å². The fourth-order valence-electron chi connectivity index (χ4n) is 3.51. The zero-order valence-electron chi connectivity index (χ0n) is 17.3. The van der Waals surface area contributed by atoms with Crippen LogP contribution in [0.4, 0.5) is 11.4 Å². The zero-order valence-corrected chi connectivity index (χ0v) is 17.3. The van der Waals surface area contributed by atoms with Crippen LogP contribution in [-0.4, -0.2) is 25.5 Å². The van der Waals surface area contributed by atoms with Crippen molar-refractivity contribution in [2.24, 2.45) is 5.41 Å². The first-order chi connectivity index (χ1) is 14.3. The maximum atomic E-state index is 12.7. The number of benzene rings is 3. The highest BCUT2D eigenvalue weighted by Gasteiger charge is 2.36. The quantitative estimate of drug-likeness (QED) is 0.674. The monoisotopic (exact) mass is 400 g/mol. The predicted octanol–water partition coefficient (Wildman–Crippen LogP) is 4.99. The van der Waals surface area contributed by atoms with E-state index in [1.165, 1.54) is 0 Å². The van der Waals surface area contributed by atoms with Crippen molar-refractivity contribution < 1.29 is 14.3 Å². The van der Waals surface area contributed by atoms with E-state index >= 15 is 0 Å². The molecule has 1 N–H and O–H groups in total. The molecule has 5 heteroatoms. The van der Waals surface area contributed by atoms with E-state index in [-0.39, 0.29) is 11.8 Å². The average molecular weight is 400 g/mol. The molecule has 0 fully saturated rings. The van der Waals surface area contributed by atoms with Gasteiger partial charge in [-0.1, -0.05) is 42.5 Å². The lowest BCUT2D eigenvalue weighted by Gasteiger charge is -2.24.